The van der Waals surface area contributed by atoms with Crippen molar-refractivity contribution in [2.75, 3.05) is 26.2 Å². The van der Waals surface area contributed by atoms with Crippen LogP contribution in [0.1, 0.15) is 16.4 Å². The van der Waals surface area contributed by atoms with Crippen LogP contribution in [0.25, 0.3) is 5.69 Å². The van der Waals surface area contributed by atoms with Gasteiger partial charge in [0, 0.05) is 26.2 Å². The third-order valence-electron chi connectivity index (χ3n) is 3.45. The average Bonchev–Trinajstić information content (AvgIpc) is 2.90. The highest BCUT2D eigenvalue weighted by Gasteiger charge is 2.23. The van der Waals surface area contributed by atoms with Crippen molar-refractivity contribution in [1.82, 2.24) is 25.0 Å². The first kappa shape index (κ1) is 14.0. The molecular weight excluding hydrogens is 290 g/mol. The molecule has 110 valence electrons. The summed E-state index contributed by atoms with van der Waals surface area (Å²) in [6.45, 7) is 4.77. The standard InChI is InChI=1S/C14H16ClN5O/c1-10-17-13(14(21)19-8-6-16-7-9-19)18-20(10)12-5-3-2-4-11(12)15/h2-5,16H,6-9H2,1H3. The fourth-order valence-corrected chi connectivity index (χ4v) is 2.56. The first-order valence-corrected chi connectivity index (χ1v) is 7.23. The third kappa shape index (κ3) is 2.77. The van der Waals surface area contributed by atoms with Gasteiger partial charge in [0.15, 0.2) is 0 Å². The summed E-state index contributed by atoms with van der Waals surface area (Å²) >= 11 is 6.18. The Kier molecular flexibility index (Phi) is 3.90. The van der Waals surface area contributed by atoms with Crippen molar-refractivity contribution in [3.05, 3.63) is 40.9 Å². The molecule has 2 aromatic rings. The second kappa shape index (κ2) is 5.83. The molecule has 3 rings (SSSR count). The highest BCUT2D eigenvalue weighted by atomic mass is 35.5. The fourth-order valence-electron chi connectivity index (χ4n) is 2.34. The maximum absolute atomic E-state index is 12.4. The van der Waals surface area contributed by atoms with E-state index in [0.717, 1.165) is 18.8 Å². The zero-order valence-electron chi connectivity index (χ0n) is 11.7. The highest BCUT2D eigenvalue weighted by molar-refractivity contribution is 6.32. The number of hydrogen-bond acceptors (Lipinski definition) is 4. The molecule has 0 saturated carbocycles. The summed E-state index contributed by atoms with van der Waals surface area (Å²) < 4.78 is 1.61. The minimum Gasteiger partial charge on any atom is -0.333 e. The summed E-state index contributed by atoms with van der Waals surface area (Å²) in [7, 11) is 0. The predicted octanol–water partition coefficient (Wildman–Crippen LogP) is 1.27. The van der Waals surface area contributed by atoms with Gasteiger partial charge in [0.2, 0.25) is 5.82 Å². The van der Waals surface area contributed by atoms with Crippen LogP contribution in [0, 0.1) is 6.92 Å². The molecule has 1 aromatic carbocycles. The van der Waals surface area contributed by atoms with Crippen LogP contribution in [0.15, 0.2) is 24.3 Å². The van der Waals surface area contributed by atoms with Crippen LogP contribution in [0.3, 0.4) is 0 Å². The van der Waals surface area contributed by atoms with Gasteiger partial charge in [0.1, 0.15) is 5.82 Å². The van der Waals surface area contributed by atoms with Crippen LogP contribution in [0.4, 0.5) is 0 Å². The van der Waals surface area contributed by atoms with E-state index in [1.807, 2.05) is 25.1 Å². The number of aryl methyl sites for hydroxylation is 1. The molecule has 0 spiro atoms. The van der Waals surface area contributed by atoms with Crippen molar-refractivity contribution in [3.8, 4) is 5.69 Å². The molecule has 0 radical (unpaired) electrons. The number of amides is 1. The summed E-state index contributed by atoms with van der Waals surface area (Å²) in [6, 6.07) is 7.36. The van der Waals surface area contributed by atoms with E-state index in [-0.39, 0.29) is 11.7 Å². The molecule has 1 saturated heterocycles. The van der Waals surface area contributed by atoms with Crippen molar-refractivity contribution in [1.29, 1.82) is 0 Å². The number of nitrogens with one attached hydrogen (secondary N) is 1. The number of carbonyl (C=O) groups excluding carboxylic acids is 1. The SMILES string of the molecule is Cc1nc(C(=O)N2CCNCC2)nn1-c1ccccc1Cl. The quantitative estimate of drug-likeness (QED) is 0.908. The second-order valence-corrected chi connectivity index (χ2v) is 5.30. The number of rotatable bonds is 2. The molecule has 2 heterocycles. The van der Waals surface area contributed by atoms with E-state index in [2.05, 4.69) is 15.4 Å². The molecule has 0 bridgehead atoms. The summed E-state index contributed by atoms with van der Waals surface area (Å²) in [4.78, 5) is 18.5. The maximum atomic E-state index is 12.4. The Morgan fingerprint density at radius 1 is 1.29 bits per heavy atom. The van der Waals surface area contributed by atoms with E-state index in [1.165, 1.54) is 0 Å². The van der Waals surface area contributed by atoms with Crippen LogP contribution < -0.4 is 5.32 Å². The molecule has 0 unspecified atom stereocenters. The highest BCUT2D eigenvalue weighted by Crippen LogP contribution is 2.20. The number of hydrogen-bond donors (Lipinski definition) is 1. The van der Waals surface area contributed by atoms with Crippen LogP contribution in [0.5, 0.6) is 0 Å². The van der Waals surface area contributed by atoms with Crippen LogP contribution in [-0.4, -0.2) is 51.8 Å². The third-order valence-corrected chi connectivity index (χ3v) is 3.76. The van der Waals surface area contributed by atoms with Crippen LogP contribution >= 0.6 is 11.6 Å². The summed E-state index contributed by atoms with van der Waals surface area (Å²) in [5.74, 6) is 0.723. The Hall–Kier alpha value is -1.92. The fraction of sp³-hybridized carbons (Fsp3) is 0.357. The van der Waals surface area contributed by atoms with Gasteiger partial charge in [-0.1, -0.05) is 23.7 Å². The topological polar surface area (TPSA) is 63.1 Å². The molecule has 1 aliphatic heterocycles. The average molecular weight is 306 g/mol. The molecule has 0 aliphatic carbocycles. The zero-order chi connectivity index (χ0) is 14.8. The van der Waals surface area contributed by atoms with Crippen molar-refractivity contribution in [3.63, 3.8) is 0 Å². The van der Waals surface area contributed by atoms with E-state index in [4.69, 9.17) is 11.6 Å². The summed E-state index contributed by atoms with van der Waals surface area (Å²) in [5.41, 5.74) is 0.725. The van der Waals surface area contributed by atoms with Gasteiger partial charge in [0.25, 0.3) is 5.91 Å². The number of benzene rings is 1. The van der Waals surface area contributed by atoms with E-state index in [1.54, 1.807) is 15.6 Å². The Morgan fingerprint density at radius 2 is 2.00 bits per heavy atom. The van der Waals surface area contributed by atoms with Crippen molar-refractivity contribution in [2.24, 2.45) is 0 Å². The molecule has 1 N–H and O–H groups in total. The summed E-state index contributed by atoms with van der Waals surface area (Å²) in [6.07, 6.45) is 0. The number of piperazine rings is 1. The zero-order valence-corrected chi connectivity index (χ0v) is 12.5. The van der Waals surface area contributed by atoms with Gasteiger partial charge in [-0.2, -0.15) is 0 Å². The van der Waals surface area contributed by atoms with Gasteiger partial charge in [0.05, 0.1) is 10.7 Å². The Bertz CT molecular complexity index is 663. The largest absolute Gasteiger partial charge is 0.333 e. The predicted molar refractivity (Wildman–Crippen MR) is 79.9 cm³/mol. The van der Waals surface area contributed by atoms with E-state index < -0.39 is 0 Å². The lowest BCUT2D eigenvalue weighted by molar-refractivity contribution is 0.0723. The molecule has 1 aromatic heterocycles. The Morgan fingerprint density at radius 3 is 2.71 bits per heavy atom. The molecule has 0 atom stereocenters. The van der Waals surface area contributed by atoms with Crippen molar-refractivity contribution < 1.29 is 4.79 Å². The number of carbonyl (C=O) groups is 1. The molecule has 7 heteroatoms. The molecule has 1 fully saturated rings. The number of aromatic nitrogens is 3. The Balaban J connectivity index is 1.91. The van der Waals surface area contributed by atoms with Gasteiger partial charge in [-0.3, -0.25) is 4.79 Å². The molecule has 1 aliphatic rings. The number of para-hydroxylation sites is 1. The normalized spacial score (nSPS) is 15.2. The minimum absolute atomic E-state index is 0.134. The maximum Gasteiger partial charge on any atom is 0.293 e. The molecule has 1 amide bonds. The van der Waals surface area contributed by atoms with Gasteiger partial charge in [-0.25, -0.2) is 9.67 Å². The minimum atomic E-state index is -0.134. The molecule has 6 nitrogen and oxygen atoms in total. The molecule has 21 heavy (non-hydrogen) atoms. The smallest absolute Gasteiger partial charge is 0.293 e. The van der Waals surface area contributed by atoms with Crippen molar-refractivity contribution >= 4 is 17.5 Å². The number of halogens is 1. The van der Waals surface area contributed by atoms with Gasteiger partial charge in [-0.15, -0.1) is 5.10 Å². The van der Waals surface area contributed by atoms with Gasteiger partial charge in [-0.05, 0) is 19.1 Å². The second-order valence-electron chi connectivity index (χ2n) is 4.89. The lowest BCUT2D eigenvalue weighted by atomic mass is 10.3. The monoisotopic (exact) mass is 305 g/mol. The van der Waals surface area contributed by atoms with E-state index in [9.17, 15) is 4.79 Å². The first-order valence-electron chi connectivity index (χ1n) is 6.85. The number of nitrogens with zero attached hydrogens (tertiary/aromatic N) is 4. The van der Waals surface area contributed by atoms with E-state index >= 15 is 0 Å². The van der Waals surface area contributed by atoms with Crippen LogP contribution in [-0.2, 0) is 0 Å². The molecular formula is C14H16ClN5O. The van der Waals surface area contributed by atoms with Crippen molar-refractivity contribution in [2.45, 2.75) is 6.92 Å². The van der Waals surface area contributed by atoms with Crippen LogP contribution in [0.2, 0.25) is 5.02 Å². The summed E-state index contributed by atoms with van der Waals surface area (Å²) in [5, 5.41) is 8.11. The van der Waals surface area contributed by atoms with Gasteiger partial charge < -0.3 is 10.2 Å². The lowest BCUT2D eigenvalue weighted by Crippen LogP contribution is -2.46. The van der Waals surface area contributed by atoms with Gasteiger partial charge >= 0.3 is 0 Å². The first-order chi connectivity index (χ1) is 10.2. The lowest BCUT2D eigenvalue weighted by Gasteiger charge is -2.26. The van der Waals surface area contributed by atoms with E-state index in [0.29, 0.717) is 23.9 Å². The Labute approximate surface area is 127 Å².